The van der Waals surface area contributed by atoms with Gasteiger partial charge in [-0.1, -0.05) is 6.92 Å². The van der Waals surface area contributed by atoms with Crippen LogP contribution in [0.1, 0.15) is 19.8 Å². The molecule has 0 saturated heterocycles. The zero-order valence-corrected chi connectivity index (χ0v) is 8.48. The Labute approximate surface area is 91.7 Å². The van der Waals surface area contributed by atoms with Gasteiger partial charge in [0.25, 0.3) is 6.17 Å². The number of halogens is 6. The number of rotatable bonds is 4. The summed E-state index contributed by atoms with van der Waals surface area (Å²) in [5.41, 5.74) is 0. The van der Waals surface area contributed by atoms with Crippen LogP contribution >= 0.6 is 0 Å². The van der Waals surface area contributed by atoms with E-state index >= 15 is 0 Å². The van der Waals surface area contributed by atoms with Gasteiger partial charge in [0, 0.05) is 6.42 Å². The highest BCUT2D eigenvalue weighted by Gasteiger charge is 2.66. The van der Waals surface area contributed by atoms with Crippen LogP contribution in [0.2, 0.25) is 0 Å². The molecule has 0 aromatic carbocycles. The minimum absolute atomic E-state index is 0.165. The van der Waals surface area contributed by atoms with E-state index in [1.165, 1.54) is 6.92 Å². The molecule has 0 saturated carbocycles. The fourth-order valence-electron chi connectivity index (χ4n) is 0.711. The van der Waals surface area contributed by atoms with E-state index in [9.17, 15) is 35.9 Å². The standard InChI is InChI=1S/C8H8F6O3/c1-2-3-4(15)17-6(16)5(9)7(10,11)8(12,13)14/h5H,2-3H2,1H3. The van der Waals surface area contributed by atoms with E-state index in [2.05, 4.69) is 4.74 Å². The normalized spacial score (nSPS) is 14.3. The Morgan fingerprint density at radius 3 is 2.00 bits per heavy atom. The summed E-state index contributed by atoms with van der Waals surface area (Å²) in [6.07, 6.45) is -10.7. The van der Waals surface area contributed by atoms with Gasteiger partial charge < -0.3 is 4.74 Å². The average Bonchev–Trinajstić information content (AvgIpc) is 2.14. The van der Waals surface area contributed by atoms with Crippen molar-refractivity contribution in [3.05, 3.63) is 0 Å². The molecule has 0 heterocycles. The Morgan fingerprint density at radius 2 is 1.65 bits per heavy atom. The van der Waals surface area contributed by atoms with Gasteiger partial charge in [0.05, 0.1) is 0 Å². The van der Waals surface area contributed by atoms with E-state index in [4.69, 9.17) is 0 Å². The molecule has 0 fully saturated rings. The maximum atomic E-state index is 12.6. The molecule has 100 valence electrons. The van der Waals surface area contributed by atoms with E-state index < -0.39 is 36.6 Å². The first kappa shape index (κ1) is 15.7. The molecule has 1 atom stereocenters. The highest BCUT2D eigenvalue weighted by atomic mass is 19.4. The number of ether oxygens (including phenoxy) is 1. The second-order valence-corrected chi connectivity index (χ2v) is 3.03. The van der Waals surface area contributed by atoms with Crippen molar-refractivity contribution < 1.29 is 40.7 Å². The highest BCUT2D eigenvalue weighted by molar-refractivity contribution is 5.88. The van der Waals surface area contributed by atoms with Crippen molar-refractivity contribution >= 4 is 11.9 Å². The summed E-state index contributed by atoms with van der Waals surface area (Å²) in [5, 5.41) is 0. The predicted molar refractivity (Wildman–Crippen MR) is 41.9 cm³/mol. The molecule has 0 aromatic heterocycles. The number of alkyl halides is 6. The Bertz CT molecular complexity index is 298. The quantitative estimate of drug-likeness (QED) is 0.446. The monoisotopic (exact) mass is 266 g/mol. The minimum atomic E-state index is -6.24. The van der Waals surface area contributed by atoms with E-state index in [1.54, 1.807) is 0 Å². The molecule has 0 spiro atoms. The second-order valence-electron chi connectivity index (χ2n) is 3.03. The first-order valence-corrected chi connectivity index (χ1v) is 4.37. The van der Waals surface area contributed by atoms with Crippen molar-refractivity contribution in [1.29, 1.82) is 0 Å². The smallest absolute Gasteiger partial charge is 0.391 e. The van der Waals surface area contributed by atoms with Crippen molar-refractivity contribution in [2.75, 3.05) is 0 Å². The Morgan fingerprint density at radius 1 is 1.18 bits per heavy atom. The molecule has 0 bridgehead atoms. The zero-order chi connectivity index (χ0) is 13.9. The van der Waals surface area contributed by atoms with Gasteiger partial charge in [-0.05, 0) is 6.42 Å². The van der Waals surface area contributed by atoms with Crippen molar-refractivity contribution in [2.24, 2.45) is 0 Å². The van der Waals surface area contributed by atoms with Crippen LogP contribution in [0.25, 0.3) is 0 Å². The number of esters is 2. The first-order chi connectivity index (χ1) is 7.54. The maximum Gasteiger partial charge on any atom is 0.457 e. The number of hydrogen-bond donors (Lipinski definition) is 0. The summed E-state index contributed by atoms with van der Waals surface area (Å²) >= 11 is 0. The summed E-state index contributed by atoms with van der Waals surface area (Å²) in [4.78, 5) is 21.1. The summed E-state index contributed by atoms with van der Waals surface area (Å²) in [6.45, 7) is 1.46. The van der Waals surface area contributed by atoms with E-state index in [1.807, 2.05) is 0 Å². The van der Waals surface area contributed by atoms with Crippen molar-refractivity contribution in [3.63, 3.8) is 0 Å². The van der Waals surface area contributed by atoms with Crippen LogP contribution in [0.4, 0.5) is 26.3 Å². The number of carbonyl (C=O) groups is 2. The third kappa shape index (κ3) is 3.90. The Kier molecular flexibility index (Phi) is 4.96. The summed E-state index contributed by atoms with van der Waals surface area (Å²) in [7, 11) is 0. The summed E-state index contributed by atoms with van der Waals surface area (Å²) < 4.78 is 75.6. The van der Waals surface area contributed by atoms with E-state index in [0.29, 0.717) is 0 Å². The largest absolute Gasteiger partial charge is 0.457 e. The van der Waals surface area contributed by atoms with Crippen LogP contribution in [0.5, 0.6) is 0 Å². The fraction of sp³-hybridized carbons (Fsp3) is 0.750. The molecule has 0 amide bonds. The predicted octanol–water partition coefficient (Wildman–Crippen LogP) is 2.39. The van der Waals surface area contributed by atoms with Gasteiger partial charge in [0.15, 0.2) is 0 Å². The van der Waals surface area contributed by atoms with Gasteiger partial charge >= 0.3 is 24.0 Å². The zero-order valence-electron chi connectivity index (χ0n) is 8.48. The molecule has 17 heavy (non-hydrogen) atoms. The van der Waals surface area contributed by atoms with Gasteiger partial charge in [0.1, 0.15) is 0 Å². The molecule has 0 aliphatic heterocycles. The minimum Gasteiger partial charge on any atom is -0.391 e. The molecule has 0 radical (unpaired) electrons. The molecule has 0 N–H and O–H groups in total. The average molecular weight is 266 g/mol. The van der Waals surface area contributed by atoms with Crippen molar-refractivity contribution in [3.8, 4) is 0 Å². The Balaban J connectivity index is 4.66. The van der Waals surface area contributed by atoms with E-state index in [-0.39, 0.29) is 6.42 Å². The molecule has 0 aliphatic carbocycles. The molecule has 9 heteroatoms. The van der Waals surface area contributed by atoms with Gasteiger partial charge in [-0.2, -0.15) is 22.0 Å². The van der Waals surface area contributed by atoms with Crippen LogP contribution < -0.4 is 0 Å². The third-order valence-corrected chi connectivity index (χ3v) is 1.57. The lowest BCUT2D eigenvalue weighted by molar-refractivity contribution is -0.301. The molecule has 0 aromatic rings. The van der Waals surface area contributed by atoms with Gasteiger partial charge in [-0.25, -0.2) is 9.18 Å². The van der Waals surface area contributed by atoms with Crippen LogP contribution in [-0.4, -0.2) is 30.2 Å². The summed E-state index contributed by atoms with van der Waals surface area (Å²) in [6, 6.07) is 0. The van der Waals surface area contributed by atoms with Gasteiger partial charge in [-0.3, -0.25) is 4.79 Å². The Hall–Kier alpha value is -1.28. The number of hydrogen-bond acceptors (Lipinski definition) is 3. The number of carbonyl (C=O) groups excluding carboxylic acids is 2. The fourth-order valence-corrected chi connectivity index (χ4v) is 0.711. The molecule has 3 nitrogen and oxygen atoms in total. The SMILES string of the molecule is CCCC(=O)OC(=O)C(F)C(F)(F)C(F)(F)F. The first-order valence-electron chi connectivity index (χ1n) is 4.37. The molecular formula is C8H8F6O3. The van der Waals surface area contributed by atoms with Crippen molar-refractivity contribution in [2.45, 2.75) is 38.0 Å². The lowest BCUT2D eigenvalue weighted by atomic mass is 10.2. The van der Waals surface area contributed by atoms with Gasteiger partial charge in [0.2, 0.25) is 0 Å². The van der Waals surface area contributed by atoms with Crippen LogP contribution in [-0.2, 0) is 14.3 Å². The van der Waals surface area contributed by atoms with Crippen molar-refractivity contribution in [1.82, 2.24) is 0 Å². The topological polar surface area (TPSA) is 43.4 Å². The van der Waals surface area contributed by atoms with E-state index in [0.717, 1.165) is 0 Å². The molecule has 0 rings (SSSR count). The lowest BCUT2D eigenvalue weighted by Crippen LogP contribution is -2.49. The maximum absolute atomic E-state index is 12.6. The molecular weight excluding hydrogens is 258 g/mol. The van der Waals surface area contributed by atoms with Crippen LogP contribution in [0.3, 0.4) is 0 Å². The summed E-state index contributed by atoms with van der Waals surface area (Å²) in [5.74, 6) is -9.81. The van der Waals surface area contributed by atoms with Crippen LogP contribution in [0.15, 0.2) is 0 Å². The molecule has 1 unspecified atom stereocenters. The second kappa shape index (κ2) is 5.37. The highest BCUT2D eigenvalue weighted by Crippen LogP contribution is 2.39. The van der Waals surface area contributed by atoms with Crippen LogP contribution in [0, 0.1) is 0 Å². The van der Waals surface area contributed by atoms with Gasteiger partial charge in [-0.15, -0.1) is 0 Å². The molecule has 0 aliphatic rings. The third-order valence-electron chi connectivity index (χ3n) is 1.57. The lowest BCUT2D eigenvalue weighted by Gasteiger charge is -2.21.